The highest BCUT2D eigenvalue weighted by Crippen LogP contribution is 2.32. The van der Waals surface area contributed by atoms with Crippen molar-refractivity contribution in [1.29, 1.82) is 0 Å². The molecule has 1 aromatic carbocycles. The Morgan fingerprint density at radius 2 is 2.00 bits per heavy atom. The maximum atomic E-state index is 12.0. The lowest BCUT2D eigenvalue weighted by Crippen LogP contribution is -2.28. The number of hydrogen-bond acceptors (Lipinski definition) is 7. The van der Waals surface area contributed by atoms with Crippen molar-refractivity contribution in [1.82, 2.24) is 20.4 Å². The van der Waals surface area contributed by atoms with E-state index < -0.39 is 0 Å². The second-order valence-electron chi connectivity index (χ2n) is 6.26. The molecular weight excluding hydrogens is 334 g/mol. The summed E-state index contributed by atoms with van der Waals surface area (Å²) in [5, 5.41) is 14.1. The number of aromatic nitrogens is 2. The van der Waals surface area contributed by atoms with E-state index in [1.807, 2.05) is 32.3 Å². The van der Waals surface area contributed by atoms with Gasteiger partial charge in [0.25, 0.3) is 5.91 Å². The molecule has 0 fully saturated rings. The fraction of sp³-hybridized carbons (Fsp3) is 0.389. The van der Waals surface area contributed by atoms with E-state index in [0.29, 0.717) is 24.6 Å². The van der Waals surface area contributed by atoms with Crippen LogP contribution in [0.25, 0.3) is 0 Å². The number of fused-ring (bicyclic) bond motifs is 1. The molecule has 0 saturated carbocycles. The van der Waals surface area contributed by atoms with Gasteiger partial charge in [-0.3, -0.25) is 4.79 Å². The molecule has 0 bridgehead atoms. The molecule has 0 saturated heterocycles. The van der Waals surface area contributed by atoms with Gasteiger partial charge in [0.2, 0.25) is 6.79 Å². The van der Waals surface area contributed by atoms with Gasteiger partial charge in [-0.15, -0.1) is 10.2 Å². The molecular formula is C18H23N5O3. The molecule has 1 aliphatic heterocycles. The molecule has 8 heteroatoms. The third-order valence-corrected chi connectivity index (χ3v) is 3.88. The number of nitrogens with one attached hydrogen (secondary N) is 2. The highest BCUT2D eigenvalue weighted by molar-refractivity contribution is 5.92. The van der Waals surface area contributed by atoms with Crippen LogP contribution in [0.5, 0.6) is 11.5 Å². The van der Waals surface area contributed by atoms with Gasteiger partial charge in [-0.2, -0.15) is 0 Å². The maximum Gasteiger partial charge on any atom is 0.271 e. The number of hydrogen-bond donors (Lipinski definition) is 2. The normalized spacial score (nSPS) is 12.3. The van der Waals surface area contributed by atoms with E-state index in [2.05, 4.69) is 25.7 Å². The van der Waals surface area contributed by atoms with Crippen LogP contribution < -0.4 is 20.1 Å². The Bertz CT molecular complexity index is 749. The Labute approximate surface area is 152 Å². The van der Waals surface area contributed by atoms with Gasteiger partial charge in [0.15, 0.2) is 17.2 Å². The summed E-state index contributed by atoms with van der Waals surface area (Å²) in [6, 6.07) is 9.18. The monoisotopic (exact) mass is 357 g/mol. The summed E-state index contributed by atoms with van der Waals surface area (Å²) in [6.07, 6.45) is 0.890. The fourth-order valence-electron chi connectivity index (χ4n) is 2.48. The molecule has 2 heterocycles. The molecule has 0 unspecified atom stereocenters. The third kappa shape index (κ3) is 4.82. The predicted molar refractivity (Wildman–Crippen MR) is 97.4 cm³/mol. The van der Waals surface area contributed by atoms with Gasteiger partial charge in [-0.05, 0) is 56.9 Å². The average molecular weight is 357 g/mol. The van der Waals surface area contributed by atoms with Gasteiger partial charge in [0.1, 0.15) is 5.82 Å². The second-order valence-corrected chi connectivity index (χ2v) is 6.26. The predicted octanol–water partition coefficient (Wildman–Crippen LogP) is 1.50. The first-order chi connectivity index (χ1) is 12.6. The molecule has 0 radical (unpaired) electrons. The smallest absolute Gasteiger partial charge is 0.271 e. The van der Waals surface area contributed by atoms with Crippen molar-refractivity contribution in [3.05, 3.63) is 41.6 Å². The molecule has 8 nitrogen and oxygen atoms in total. The lowest BCUT2D eigenvalue weighted by atomic mass is 10.2. The first-order valence-electron chi connectivity index (χ1n) is 8.51. The van der Waals surface area contributed by atoms with Crippen molar-refractivity contribution >= 4 is 11.7 Å². The van der Waals surface area contributed by atoms with Gasteiger partial charge in [-0.1, -0.05) is 6.07 Å². The molecule has 2 N–H and O–H groups in total. The van der Waals surface area contributed by atoms with Crippen molar-refractivity contribution in [3.8, 4) is 11.5 Å². The number of amides is 1. The number of anilines is 1. The maximum absolute atomic E-state index is 12.0. The molecule has 3 rings (SSSR count). The number of benzene rings is 1. The SMILES string of the molecule is CN(C)CCCNC(=O)c1ccc(NCc2ccc3c(c2)OCO3)nn1. The number of nitrogens with zero attached hydrogens (tertiary/aromatic N) is 3. The van der Waals surface area contributed by atoms with E-state index in [-0.39, 0.29) is 12.7 Å². The van der Waals surface area contributed by atoms with Crippen LogP contribution in [0.1, 0.15) is 22.5 Å². The Hall–Kier alpha value is -2.87. The van der Waals surface area contributed by atoms with Gasteiger partial charge >= 0.3 is 0 Å². The van der Waals surface area contributed by atoms with Crippen LogP contribution in [-0.4, -0.2) is 55.0 Å². The number of carbonyl (C=O) groups is 1. The second kappa shape index (κ2) is 8.48. The highest BCUT2D eigenvalue weighted by Gasteiger charge is 2.13. The summed E-state index contributed by atoms with van der Waals surface area (Å²) in [6.45, 7) is 2.37. The lowest BCUT2D eigenvalue weighted by molar-refractivity contribution is 0.0946. The topological polar surface area (TPSA) is 88.6 Å². The number of carbonyl (C=O) groups excluding carboxylic acids is 1. The van der Waals surface area contributed by atoms with Crippen LogP contribution in [0.4, 0.5) is 5.82 Å². The molecule has 0 spiro atoms. The van der Waals surface area contributed by atoms with Crippen LogP contribution in [-0.2, 0) is 6.54 Å². The van der Waals surface area contributed by atoms with Crippen LogP contribution in [0.2, 0.25) is 0 Å². The van der Waals surface area contributed by atoms with Crippen LogP contribution in [0.3, 0.4) is 0 Å². The summed E-state index contributed by atoms with van der Waals surface area (Å²) in [5.74, 6) is 1.90. The molecule has 138 valence electrons. The molecule has 26 heavy (non-hydrogen) atoms. The summed E-state index contributed by atoms with van der Waals surface area (Å²) in [4.78, 5) is 14.1. The molecule has 0 atom stereocenters. The first kappa shape index (κ1) is 17.9. The number of rotatable bonds is 8. The molecule has 1 amide bonds. The summed E-state index contributed by atoms with van der Waals surface area (Å²) in [5.41, 5.74) is 1.35. The quantitative estimate of drug-likeness (QED) is 0.692. The van der Waals surface area contributed by atoms with E-state index >= 15 is 0 Å². The highest BCUT2D eigenvalue weighted by atomic mass is 16.7. The fourth-order valence-corrected chi connectivity index (χ4v) is 2.48. The van der Waals surface area contributed by atoms with E-state index in [9.17, 15) is 4.79 Å². The van der Waals surface area contributed by atoms with Crippen LogP contribution in [0.15, 0.2) is 30.3 Å². The van der Waals surface area contributed by atoms with Crippen molar-refractivity contribution in [2.45, 2.75) is 13.0 Å². The Morgan fingerprint density at radius 1 is 1.15 bits per heavy atom. The van der Waals surface area contributed by atoms with E-state index in [1.54, 1.807) is 12.1 Å². The summed E-state index contributed by atoms with van der Waals surface area (Å²) in [7, 11) is 4.01. The van der Waals surface area contributed by atoms with Crippen molar-refractivity contribution < 1.29 is 14.3 Å². The van der Waals surface area contributed by atoms with E-state index in [0.717, 1.165) is 30.0 Å². The molecule has 2 aromatic rings. The van der Waals surface area contributed by atoms with E-state index in [4.69, 9.17) is 9.47 Å². The molecule has 1 aliphatic rings. The zero-order valence-electron chi connectivity index (χ0n) is 15.0. The summed E-state index contributed by atoms with van der Waals surface area (Å²) >= 11 is 0. The van der Waals surface area contributed by atoms with Gasteiger partial charge < -0.3 is 25.0 Å². The average Bonchev–Trinajstić information content (AvgIpc) is 3.11. The zero-order chi connectivity index (χ0) is 18.4. The van der Waals surface area contributed by atoms with Crippen LogP contribution >= 0.6 is 0 Å². The Morgan fingerprint density at radius 3 is 2.77 bits per heavy atom. The largest absolute Gasteiger partial charge is 0.454 e. The minimum Gasteiger partial charge on any atom is -0.454 e. The zero-order valence-corrected chi connectivity index (χ0v) is 15.0. The van der Waals surface area contributed by atoms with Crippen molar-refractivity contribution in [2.24, 2.45) is 0 Å². The minimum atomic E-state index is -0.210. The Kier molecular flexibility index (Phi) is 5.85. The van der Waals surface area contributed by atoms with Crippen molar-refractivity contribution in [3.63, 3.8) is 0 Å². The van der Waals surface area contributed by atoms with Gasteiger partial charge in [-0.25, -0.2) is 0 Å². The van der Waals surface area contributed by atoms with Gasteiger partial charge in [0.05, 0.1) is 0 Å². The van der Waals surface area contributed by atoms with Crippen LogP contribution in [0, 0.1) is 0 Å². The Balaban J connectivity index is 1.47. The summed E-state index contributed by atoms with van der Waals surface area (Å²) < 4.78 is 10.7. The first-order valence-corrected chi connectivity index (χ1v) is 8.51. The number of ether oxygens (including phenoxy) is 2. The molecule has 1 aromatic heterocycles. The minimum absolute atomic E-state index is 0.210. The van der Waals surface area contributed by atoms with Crippen molar-refractivity contribution in [2.75, 3.05) is 39.3 Å². The molecule has 0 aliphatic carbocycles. The van der Waals surface area contributed by atoms with Gasteiger partial charge in [0, 0.05) is 13.1 Å². The standard InChI is InChI=1S/C18H23N5O3/c1-23(2)9-3-8-19-18(24)14-5-7-17(22-21-14)20-11-13-4-6-15-16(10-13)26-12-25-15/h4-7,10H,3,8-9,11-12H2,1-2H3,(H,19,24)(H,20,22). The van der Waals surface area contributed by atoms with E-state index in [1.165, 1.54) is 0 Å². The lowest BCUT2D eigenvalue weighted by Gasteiger charge is -2.10. The third-order valence-electron chi connectivity index (χ3n) is 3.88.